The van der Waals surface area contributed by atoms with Crippen LogP contribution in [0.5, 0.6) is 0 Å². The number of carboxylic acids is 1. The first kappa shape index (κ1) is 16.2. The van der Waals surface area contributed by atoms with E-state index < -0.39 is 5.97 Å². The Hall–Kier alpha value is -2.67. The van der Waals surface area contributed by atoms with E-state index in [1.165, 1.54) is 16.9 Å². The molecule has 1 fully saturated rings. The zero-order valence-corrected chi connectivity index (χ0v) is 13.2. The zero-order valence-electron chi connectivity index (χ0n) is 13.2. The number of benzene rings is 1. The summed E-state index contributed by atoms with van der Waals surface area (Å²) in [7, 11) is 0. The first-order valence-corrected chi connectivity index (χ1v) is 7.81. The minimum absolute atomic E-state index is 0.0249. The molecule has 0 bridgehead atoms. The lowest BCUT2D eigenvalue weighted by Gasteiger charge is -2.35. The lowest BCUT2D eigenvalue weighted by atomic mass is 10.0. The first-order chi connectivity index (χ1) is 11.6. The second-order valence-electron chi connectivity index (χ2n) is 5.71. The molecule has 0 spiro atoms. The minimum atomic E-state index is -1.10. The highest BCUT2D eigenvalue weighted by Crippen LogP contribution is 2.14. The monoisotopic (exact) mass is 329 g/mol. The largest absolute Gasteiger partial charge is 0.476 e. The van der Waals surface area contributed by atoms with E-state index in [1.807, 2.05) is 30.3 Å². The molecule has 3 rings (SSSR count). The summed E-state index contributed by atoms with van der Waals surface area (Å²) in [6.07, 6.45) is 2.24. The van der Waals surface area contributed by atoms with Crippen molar-refractivity contribution in [3.05, 3.63) is 53.9 Å². The predicted molar refractivity (Wildman–Crippen MR) is 85.7 cm³/mol. The molecular weight excluding hydrogens is 310 g/mol. The predicted octanol–water partition coefficient (Wildman–Crippen LogP) is 1.05. The number of aromatic nitrogens is 2. The van der Waals surface area contributed by atoms with Crippen molar-refractivity contribution in [1.29, 1.82) is 0 Å². The Morgan fingerprint density at radius 3 is 2.75 bits per heavy atom. The van der Waals surface area contributed by atoms with Crippen LogP contribution in [0.1, 0.15) is 16.1 Å². The van der Waals surface area contributed by atoms with Gasteiger partial charge in [0.05, 0.1) is 19.3 Å². The molecule has 1 saturated heterocycles. The van der Waals surface area contributed by atoms with Crippen LogP contribution in [0.15, 0.2) is 42.6 Å². The topological polar surface area (TPSA) is 84.7 Å². The van der Waals surface area contributed by atoms with Gasteiger partial charge < -0.3 is 14.7 Å². The molecule has 126 valence electrons. The van der Waals surface area contributed by atoms with Crippen molar-refractivity contribution in [2.45, 2.75) is 19.0 Å². The number of aromatic carboxylic acids is 1. The van der Waals surface area contributed by atoms with E-state index in [-0.39, 0.29) is 24.2 Å². The van der Waals surface area contributed by atoms with Gasteiger partial charge in [-0.2, -0.15) is 5.10 Å². The van der Waals surface area contributed by atoms with Crippen LogP contribution in [0.3, 0.4) is 0 Å². The van der Waals surface area contributed by atoms with Gasteiger partial charge in [-0.25, -0.2) is 4.79 Å². The van der Waals surface area contributed by atoms with Crippen molar-refractivity contribution >= 4 is 11.9 Å². The molecule has 1 aromatic heterocycles. The van der Waals surface area contributed by atoms with Gasteiger partial charge >= 0.3 is 5.97 Å². The average molecular weight is 329 g/mol. The van der Waals surface area contributed by atoms with Crippen LogP contribution < -0.4 is 0 Å². The maximum Gasteiger partial charge on any atom is 0.356 e. The summed E-state index contributed by atoms with van der Waals surface area (Å²) in [6.45, 7) is 1.57. The number of nitrogens with zero attached hydrogens (tertiary/aromatic N) is 3. The molecule has 24 heavy (non-hydrogen) atoms. The number of rotatable bonds is 5. The number of ether oxygens (including phenoxy) is 1. The standard InChI is InChI=1S/C17H19N3O4/c21-16(11-19-7-6-15(18-19)17(22)23)20-8-9-24-12-14(20)10-13-4-2-1-3-5-13/h1-7,14H,8-12H2,(H,22,23)/t14-/m0/s1. The van der Waals surface area contributed by atoms with Crippen LogP contribution in [-0.2, 0) is 22.5 Å². The summed E-state index contributed by atoms with van der Waals surface area (Å²) in [4.78, 5) is 25.3. The Balaban J connectivity index is 1.67. The van der Waals surface area contributed by atoms with Crippen molar-refractivity contribution in [3.63, 3.8) is 0 Å². The first-order valence-electron chi connectivity index (χ1n) is 7.81. The van der Waals surface area contributed by atoms with Crippen molar-refractivity contribution < 1.29 is 19.4 Å². The third kappa shape index (κ3) is 3.80. The third-order valence-corrected chi connectivity index (χ3v) is 4.02. The maximum absolute atomic E-state index is 12.6. The fourth-order valence-corrected chi connectivity index (χ4v) is 2.83. The number of carboxylic acid groups (broad SMARTS) is 1. The van der Waals surface area contributed by atoms with E-state index in [0.717, 1.165) is 12.0 Å². The molecule has 7 heteroatoms. The fraction of sp³-hybridized carbons (Fsp3) is 0.353. The van der Waals surface area contributed by atoms with Gasteiger partial charge in [-0.15, -0.1) is 0 Å². The summed E-state index contributed by atoms with van der Waals surface area (Å²) in [5, 5.41) is 12.8. The number of amides is 1. The van der Waals surface area contributed by atoms with E-state index in [4.69, 9.17) is 9.84 Å². The third-order valence-electron chi connectivity index (χ3n) is 4.02. The highest BCUT2D eigenvalue weighted by atomic mass is 16.5. The van der Waals surface area contributed by atoms with Crippen LogP contribution >= 0.6 is 0 Å². The van der Waals surface area contributed by atoms with Crippen LogP contribution in [0.4, 0.5) is 0 Å². The number of hydrogen-bond donors (Lipinski definition) is 1. The molecule has 1 aliphatic heterocycles. The van der Waals surface area contributed by atoms with Gasteiger partial charge in [-0.1, -0.05) is 30.3 Å². The van der Waals surface area contributed by atoms with Crippen LogP contribution in [0.2, 0.25) is 0 Å². The van der Waals surface area contributed by atoms with Gasteiger partial charge in [0.1, 0.15) is 6.54 Å². The number of morpholine rings is 1. The Morgan fingerprint density at radius 1 is 1.25 bits per heavy atom. The number of carbonyl (C=O) groups excluding carboxylic acids is 1. The van der Waals surface area contributed by atoms with E-state index in [2.05, 4.69) is 5.10 Å². The quantitative estimate of drug-likeness (QED) is 0.886. The normalized spacial score (nSPS) is 17.7. The molecular formula is C17H19N3O4. The Bertz CT molecular complexity index is 714. The maximum atomic E-state index is 12.6. The molecule has 1 N–H and O–H groups in total. The zero-order chi connectivity index (χ0) is 16.9. The van der Waals surface area contributed by atoms with Gasteiger partial charge in [0.2, 0.25) is 5.91 Å². The molecule has 2 aromatic rings. The summed E-state index contributed by atoms with van der Waals surface area (Å²) in [6, 6.07) is 11.3. The van der Waals surface area contributed by atoms with Crippen molar-refractivity contribution in [2.24, 2.45) is 0 Å². The van der Waals surface area contributed by atoms with Crippen molar-refractivity contribution in [3.8, 4) is 0 Å². The molecule has 1 atom stereocenters. The number of hydrogen-bond acceptors (Lipinski definition) is 4. The second-order valence-corrected chi connectivity index (χ2v) is 5.71. The highest BCUT2D eigenvalue weighted by molar-refractivity contribution is 5.85. The molecule has 7 nitrogen and oxygen atoms in total. The summed E-state index contributed by atoms with van der Waals surface area (Å²) < 4.78 is 6.89. The van der Waals surface area contributed by atoms with Crippen LogP contribution in [-0.4, -0.2) is 57.5 Å². The van der Waals surface area contributed by atoms with Crippen molar-refractivity contribution in [2.75, 3.05) is 19.8 Å². The molecule has 0 saturated carbocycles. The Morgan fingerprint density at radius 2 is 2.04 bits per heavy atom. The van der Waals surface area contributed by atoms with Crippen molar-refractivity contribution in [1.82, 2.24) is 14.7 Å². The smallest absolute Gasteiger partial charge is 0.356 e. The SMILES string of the molecule is O=C(O)c1ccn(CC(=O)N2CCOC[C@@H]2Cc2ccccc2)n1. The molecule has 1 aromatic carbocycles. The minimum Gasteiger partial charge on any atom is -0.476 e. The van der Waals surface area contributed by atoms with E-state index >= 15 is 0 Å². The molecule has 0 aliphatic carbocycles. The average Bonchev–Trinajstić information content (AvgIpc) is 3.05. The molecule has 2 heterocycles. The van der Waals surface area contributed by atoms with Gasteiger partial charge in [-0.05, 0) is 18.1 Å². The molecule has 1 aliphatic rings. The number of carbonyl (C=O) groups is 2. The molecule has 1 amide bonds. The lowest BCUT2D eigenvalue weighted by molar-refractivity contribution is -0.140. The Kier molecular flexibility index (Phi) is 4.90. The molecule has 0 unspecified atom stereocenters. The van der Waals surface area contributed by atoms with Crippen LogP contribution in [0.25, 0.3) is 0 Å². The van der Waals surface area contributed by atoms with Crippen LogP contribution in [0, 0.1) is 0 Å². The summed E-state index contributed by atoms with van der Waals surface area (Å²) >= 11 is 0. The van der Waals surface area contributed by atoms with Gasteiger partial charge in [-0.3, -0.25) is 9.48 Å². The second kappa shape index (κ2) is 7.27. The summed E-state index contributed by atoms with van der Waals surface area (Å²) in [5.74, 6) is -1.19. The van der Waals surface area contributed by atoms with Gasteiger partial charge in [0, 0.05) is 12.7 Å². The van der Waals surface area contributed by atoms with Gasteiger partial charge in [0.25, 0.3) is 0 Å². The fourth-order valence-electron chi connectivity index (χ4n) is 2.83. The summed E-state index contributed by atoms with van der Waals surface area (Å²) in [5.41, 5.74) is 1.09. The Labute approximate surface area is 139 Å². The van der Waals surface area contributed by atoms with E-state index in [9.17, 15) is 9.59 Å². The lowest BCUT2D eigenvalue weighted by Crippen LogP contribution is -2.50. The van der Waals surface area contributed by atoms with Gasteiger partial charge in [0.15, 0.2) is 5.69 Å². The molecule has 0 radical (unpaired) electrons. The van der Waals surface area contributed by atoms with E-state index in [1.54, 1.807) is 4.90 Å². The highest BCUT2D eigenvalue weighted by Gasteiger charge is 2.27. The van der Waals surface area contributed by atoms with E-state index in [0.29, 0.717) is 19.8 Å².